The normalized spacial score (nSPS) is 12.9. The van der Waals surface area contributed by atoms with Crippen molar-refractivity contribution >= 4 is 11.7 Å². The molecule has 0 fully saturated rings. The lowest BCUT2D eigenvalue weighted by Gasteiger charge is -2.26. The van der Waals surface area contributed by atoms with Gasteiger partial charge in [0, 0.05) is 29.7 Å². The minimum Gasteiger partial charge on any atom is -0.364 e. The number of aromatic nitrogens is 3. The summed E-state index contributed by atoms with van der Waals surface area (Å²) in [4.78, 5) is 26.8. The average Bonchev–Trinajstić information content (AvgIpc) is 2.84. The molecule has 23 heavy (non-hydrogen) atoms. The van der Waals surface area contributed by atoms with Gasteiger partial charge in [0.25, 0.3) is 5.91 Å². The van der Waals surface area contributed by atoms with Gasteiger partial charge in [0.05, 0.1) is 0 Å². The lowest BCUT2D eigenvalue weighted by molar-refractivity contribution is 0.102. The average molecular weight is 316 g/mol. The monoisotopic (exact) mass is 316 g/mol. The third kappa shape index (κ3) is 4.31. The molecule has 2 aromatic heterocycles. The van der Waals surface area contributed by atoms with E-state index in [1.54, 1.807) is 6.92 Å². The molecule has 0 saturated heterocycles. The van der Waals surface area contributed by atoms with Crippen LogP contribution in [0.25, 0.3) is 0 Å². The Morgan fingerprint density at radius 2 is 2.04 bits per heavy atom. The van der Waals surface area contributed by atoms with E-state index in [1.807, 2.05) is 6.07 Å². The largest absolute Gasteiger partial charge is 0.364 e. The standard InChI is InChI=1S/C17H24N4O2/c1-10(17(3,4)5)6-12-8-15(21-20-12)19-16(23)13-9-18-11(2)7-14(13)22/h7-10H,6H2,1-5H3,(H,18,22)(H2,19,20,21,23)/t10-/m0/s1. The molecule has 3 N–H and O–H groups in total. The Morgan fingerprint density at radius 1 is 1.35 bits per heavy atom. The molecule has 0 aliphatic rings. The van der Waals surface area contributed by atoms with E-state index in [0.717, 1.165) is 12.1 Å². The number of hydrogen-bond donors (Lipinski definition) is 3. The minimum absolute atomic E-state index is 0.0724. The van der Waals surface area contributed by atoms with Crippen LogP contribution in [-0.2, 0) is 6.42 Å². The lowest BCUT2D eigenvalue weighted by Crippen LogP contribution is -2.21. The summed E-state index contributed by atoms with van der Waals surface area (Å²) >= 11 is 0. The van der Waals surface area contributed by atoms with Gasteiger partial charge >= 0.3 is 0 Å². The molecule has 0 aliphatic carbocycles. The van der Waals surface area contributed by atoms with Crippen molar-refractivity contribution < 1.29 is 4.79 Å². The van der Waals surface area contributed by atoms with E-state index in [9.17, 15) is 9.59 Å². The molecule has 0 radical (unpaired) electrons. The van der Waals surface area contributed by atoms with Crippen LogP contribution in [0.1, 0.15) is 49.4 Å². The summed E-state index contributed by atoms with van der Waals surface area (Å²) in [5.74, 6) is 0.422. The lowest BCUT2D eigenvalue weighted by atomic mass is 9.79. The van der Waals surface area contributed by atoms with E-state index in [-0.39, 0.29) is 16.4 Å². The maximum Gasteiger partial charge on any atom is 0.262 e. The second-order valence-electron chi connectivity index (χ2n) is 7.10. The van der Waals surface area contributed by atoms with Gasteiger partial charge in [-0.2, -0.15) is 5.10 Å². The molecule has 1 atom stereocenters. The van der Waals surface area contributed by atoms with Gasteiger partial charge in [0.15, 0.2) is 11.2 Å². The second-order valence-corrected chi connectivity index (χ2v) is 7.10. The molecule has 0 unspecified atom stereocenters. The number of pyridine rings is 1. The molecule has 0 bridgehead atoms. The van der Waals surface area contributed by atoms with Crippen LogP contribution in [0.3, 0.4) is 0 Å². The summed E-state index contributed by atoms with van der Waals surface area (Å²) in [7, 11) is 0. The Labute approximate surface area is 135 Å². The molecule has 6 heteroatoms. The molecule has 0 spiro atoms. The molecule has 0 saturated carbocycles. The Hall–Kier alpha value is -2.37. The predicted molar refractivity (Wildman–Crippen MR) is 90.7 cm³/mol. The van der Waals surface area contributed by atoms with Gasteiger partial charge in [-0.1, -0.05) is 27.7 Å². The van der Waals surface area contributed by atoms with Crippen LogP contribution in [0.5, 0.6) is 0 Å². The van der Waals surface area contributed by atoms with E-state index >= 15 is 0 Å². The Balaban J connectivity index is 2.07. The van der Waals surface area contributed by atoms with E-state index in [4.69, 9.17) is 0 Å². The summed E-state index contributed by atoms with van der Waals surface area (Å²) in [5, 5.41) is 9.68. The smallest absolute Gasteiger partial charge is 0.262 e. The van der Waals surface area contributed by atoms with Crippen molar-refractivity contribution in [3.05, 3.63) is 45.5 Å². The third-order valence-corrected chi connectivity index (χ3v) is 4.18. The Morgan fingerprint density at radius 3 is 2.65 bits per heavy atom. The van der Waals surface area contributed by atoms with Gasteiger partial charge in [0.1, 0.15) is 5.56 Å². The summed E-state index contributed by atoms with van der Waals surface area (Å²) in [6, 6.07) is 3.21. The van der Waals surface area contributed by atoms with Crippen LogP contribution >= 0.6 is 0 Å². The van der Waals surface area contributed by atoms with E-state index in [2.05, 4.69) is 48.2 Å². The van der Waals surface area contributed by atoms with Crippen molar-refractivity contribution in [2.24, 2.45) is 11.3 Å². The first kappa shape index (κ1) is 17.0. The van der Waals surface area contributed by atoms with Crippen molar-refractivity contribution in [2.45, 2.75) is 41.0 Å². The van der Waals surface area contributed by atoms with E-state index in [0.29, 0.717) is 17.4 Å². The first-order chi connectivity index (χ1) is 10.7. The number of hydrogen-bond acceptors (Lipinski definition) is 3. The number of aromatic amines is 2. The SMILES string of the molecule is Cc1cc(=O)c(C(=O)Nc2cc(C[C@H](C)C(C)(C)C)[nH]n2)c[nH]1. The maximum atomic E-state index is 12.2. The molecule has 0 aliphatic heterocycles. The first-order valence-corrected chi connectivity index (χ1v) is 7.72. The molecule has 2 heterocycles. The molecule has 124 valence electrons. The summed E-state index contributed by atoms with van der Waals surface area (Å²) in [6.07, 6.45) is 2.26. The molecular formula is C17H24N4O2. The highest BCUT2D eigenvalue weighted by atomic mass is 16.2. The van der Waals surface area contributed by atoms with E-state index < -0.39 is 5.91 Å². The zero-order valence-corrected chi connectivity index (χ0v) is 14.3. The fraction of sp³-hybridized carbons (Fsp3) is 0.471. The van der Waals surface area contributed by atoms with Crippen molar-refractivity contribution in [3.8, 4) is 0 Å². The van der Waals surface area contributed by atoms with Crippen LogP contribution in [-0.4, -0.2) is 21.1 Å². The summed E-state index contributed by atoms with van der Waals surface area (Å²) < 4.78 is 0. The van der Waals surface area contributed by atoms with Crippen LogP contribution in [0.2, 0.25) is 0 Å². The quantitative estimate of drug-likeness (QED) is 0.810. The molecule has 1 amide bonds. The molecular weight excluding hydrogens is 292 g/mol. The highest BCUT2D eigenvalue weighted by molar-refractivity contribution is 6.03. The topological polar surface area (TPSA) is 90.6 Å². The number of anilines is 1. The first-order valence-electron chi connectivity index (χ1n) is 7.72. The third-order valence-electron chi connectivity index (χ3n) is 4.18. The van der Waals surface area contributed by atoms with E-state index in [1.165, 1.54) is 12.3 Å². The van der Waals surface area contributed by atoms with Crippen molar-refractivity contribution in [3.63, 3.8) is 0 Å². The minimum atomic E-state index is -0.465. The predicted octanol–water partition coefficient (Wildman–Crippen LogP) is 2.88. The second kappa shape index (κ2) is 6.40. The molecule has 2 aromatic rings. The number of nitrogens with one attached hydrogen (secondary N) is 3. The summed E-state index contributed by atoms with van der Waals surface area (Å²) in [6.45, 7) is 10.5. The number of aryl methyl sites for hydroxylation is 1. The van der Waals surface area contributed by atoms with Crippen molar-refractivity contribution in [2.75, 3.05) is 5.32 Å². The van der Waals surface area contributed by atoms with Crippen LogP contribution < -0.4 is 10.7 Å². The highest BCUT2D eigenvalue weighted by Gasteiger charge is 2.21. The molecule has 2 rings (SSSR count). The zero-order valence-electron chi connectivity index (χ0n) is 14.3. The molecule has 6 nitrogen and oxygen atoms in total. The number of rotatable bonds is 4. The maximum absolute atomic E-state index is 12.2. The number of carbonyl (C=O) groups excluding carboxylic acids is 1. The Kier molecular flexibility index (Phi) is 4.73. The summed E-state index contributed by atoms with van der Waals surface area (Å²) in [5.41, 5.74) is 1.63. The van der Waals surface area contributed by atoms with Gasteiger partial charge in [-0.05, 0) is 24.7 Å². The van der Waals surface area contributed by atoms with Crippen molar-refractivity contribution in [1.82, 2.24) is 15.2 Å². The Bertz CT molecular complexity index is 752. The van der Waals surface area contributed by atoms with Crippen LogP contribution in [0.15, 0.2) is 23.1 Å². The number of amides is 1. The fourth-order valence-electron chi connectivity index (χ4n) is 2.10. The number of H-pyrrole nitrogens is 2. The number of nitrogens with zero attached hydrogens (tertiary/aromatic N) is 1. The van der Waals surface area contributed by atoms with Crippen LogP contribution in [0.4, 0.5) is 5.82 Å². The highest BCUT2D eigenvalue weighted by Crippen LogP contribution is 2.28. The molecule has 0 aromatic carbocycles. The van der Waals surface area contributed by atoms with Gasteiger partial charge in [0.2, 0.25) is 0 Å². The fourth-order valence-corrected chi connectivity index (χ4v) is 2.10. The zero-order chi connectivity index (χ0) is 17.2. The van der Waals surface area contributed by atoms with Gasteiger partial charge in [-0.25, -0.2) is 0 Å². The number of carbonyl (C=O) groups is 1. The van der Waals surface area contributed by atoms with Gasteiger partial charge in [-0.3, -0.25) is 14.7 Å². The van der Waals surface area contributed by atoms with Gasteiger partial charge < -0.3 is 10.3 Å². The van der Waals surface area contributed by atoms with Crippen molar-refractivity contribution in [1.29, 1.82) is 0 Å². The van der Waals surface area contributed by atoms with Crippen LogP contribution in [0, 0.1) is 18.3 Å². The van der Waals surface area contributed by atoms with Gasteiger partial charge in [-0.15, -0.1) is 0 Å².